The van der Waals surface area contributed by atoms with E-state index in [1.165, 1.54) is 17.2 Å². The van der Waals surface area contributed by atoms with E-state index in [1.54, 1.807) is 32.9 Å². The topological polar surface area (TPSA) is 75.7 Å². The van der Waals surface area contributed by atoms with Gasteiger partial charge in [0.05, 0.1) is 29.9 Å². The van der Waals surface area contributed by atoms with E-state index in [0.717, 1.165) is 6.07 Å². The van der Waals surface area contributed by atoms with E-state index in [9.17, 15) is 14.4 Å². The molecule has 27 heavy (non-hydrogen) atoms. The second kappa shape index (κ2) is 6.78. The first-order valence-electron chi connectivity index (χ1n) is 8.24. The second-order valence-electron chi connectivity index (χ2n) is 7.28. The first-order valence-corrected chi connectivity index (χ1v) is 8.61. The van der Waals surface area contributed by atoms with Crippen LogP contribution in [0.25, 0.3) is 0 Å². The molecule has 3 rings (SSSR count). The number of carbonyl (C=O) groups is 1. The molecule has 0 bridgehead atoms. The van der Waals surface area contributed by atoms with Gasteiger partial charge in [-0.2, -0.15) is 5.26 Å². The predicted octanol–water partition coefficient (Wildman–Crippen LogP) is 4.47. The Morgan fingerprint density at radius 1 is 1.41 bits per heavy atom. The molecule has 8 heteroatoms. The van der Waals surface area contributed by atoms with E-state index in [-0.39, 0.29) is 29.4 Å². The number of carbonyl (C=O) groups excluding carboxylic acids is 1. The van der Waals surface area contributed by atoms with Crippen LogP contribution in [0, 0.1) is 17.1 Å². The van der Waals surface area contributed by atoms with E-state index in [2.05, 4.69) is 0 Å². The second-order valence-corrected chi connectivity index (χ2v) is 7.69. The van der Waals surface area contributed by atoms with Crippen LogP contribution in [-0.4, -0.2) is 29.7 Å². The van der Waals surface area contributed by atoms with Crippen LogP contribution >= 0.6 is 11.6 Å². The normalized spacial score (nSPS) is 15.6. The number of hydrogen-bond donors (Lipinski definition) is 0. The Morgan fingerprint density at radius 2 is 2.11 bits per heavy atom. The lowest BCUT2D eigenvalue weighted by Gasteiger charge is -2.48. The van der Waals surface area contributed by atoms with Crippen LogP contribution in [-0.2, 0) is 10.3 Å². The zero-order chi connectivity index (χ0) is 19.8. The summed E-state index contributed by atoms with van der Waals surface area (Å²) in [4.78, 5) is 13.7. The van der Waals surface area contributed by atoms with Gasteiger partial charge in [-0.25, -0.2) is 9.18 Å². The van der Waals surface area contributed by atoms with E-state index in [1.807, 2.05) is 6.07 Å². The molecule has 1 aromatic carbocycles. The Hall–Kier alpha value is -2.72. The quantitative estimate of drug-likeness (QED) is 0.770. The summed E-state index contributed by atoms with van der Waals surface area (Å²) in [6.07, 6.45) is 1.00. The zero-order valence-corrected chi connectivity index (χ0v) is 15.8. The van der Waals surface area contributed by atoms with Gasteiger partial charge in [-0.1, -0.05) is 11.6 Å². The van der Waals surface area contributed by atoms with E-state index in [4.69, 9.17) is 25.5 Å². The molecule has 0 radical (unpaired) electrons. The molecule has 1 amide bonds. The fraction of sp³-hybridized carbons (Fsp3) is 0.368. The first kappa shape index (κ1) is 19.1. The van der Waals surface area contributed by atoms with Crippen molar-refractivity contribution in [3.8, 4) is 11.8 Å². The fourth-order valence-corrected chi connectivity index (χ4v) is 2.90. The smallest absolute Gasteiger partial charge is 0.410 e. The van der Waals surface area contributed by atoms with Gasteiger partial charge in [-0.15, -0.1) is 0 Å². The maximum Gasteiger partial charge on any atom is 0.410 e. The average molecular weight is 393 g/mol. The number of likely N-dealkylation sites (tertiary alicyclic amines) is 1. The highest BCUT2D eigenvalue weighted by molar-refractivity contribution is 6.30. The number of amides is 1. The maximum absolute atomic E-state index is 13.6. The Morgan fingerprint density at radius 3 is 2.67 bits per heavy atom. The fourth-order valence-electron chi connectivity index (χ4n) is 2.75. The van der Waals surface area contributed by atoms with Gasteiger partial charge in [0.15, 0.2) is 5.76 Å². The Labute approximate surface area is 161 Å². The minimum Gasteiger partial charge on any atom is -0.474 e. The lowest BCUT2D eigenvalue weighted by atomic mass is 9.91. The third-order valence-electron chi connectivity index (χ3n) is 3.96. The number of benzene rings is 1. The largest absolute Gasteiger partial charge is 0.474 e. The van der Waals surface area contributed by atoms with Crippen LogP contribution < -0.4 is 4.74 Å². The molecule has 0 saturated carbocycles. The molecule has 0 unspecified atom stereocenters. The van der Waals surface area contributed by atoms with Gasteiger partial charge in [-0.05, 0) is 39.0 Å². The van der Waals surface area contributed by atoms with Gasteiger partial charge in [0, 0.05) is 6.07 Å². The molecule has 2 aromatic rings. The van der Waals surface area contributed by atoms with Gasteiger partial charge in [0.2, 0.25) is 5.60 Å². The van der Waals surface area contributed by atoms with Crippen LogP contribution in [0.5, 0.6) is 5.75 Å². The molecule has 1 aromatic heterocycles. The summed E-state index contributed by atoms with van der Waals surface area (Å²) in [7, 11) is 0. The van der Waals surface area contributed by atoms with Crippen molar-refractivity contribution in [2.75, 3.05) is 13.1 Å². The number of ether oxygens (including phenoxy) is 2. The molecular weight excluding hydrogens is 375 g/mol. The number of rotatable bonds is 3. The highest BCUT2D eigenvalue weighted by Gasteiger charge is 2.52. The third kappa shape index (κ3) is 3.86. The minimum atomic E-state index is -1.02. The summed E-state index contributed by atoms with van der Waals surface area (Å²) in [6, 6.07) is 7.55. The van der Waals surface area contributed by atoms with Crippen molar-refractivity contribution in [2.24, 2.45) is 0 Å². The standard InChI is InChI=1S/C19H18ClFN2O4/c1-18(2,3)27-17(24)23-10-19(11-23,16-5-4-6-25-16)26-15-8-13(20)14(21)7-12(15)9-22/h4-8H,10-11H2,1-3H3. The molecule has 142 valence electrons. The van der Waals surface area contributed by atoms with E-state index < -0.39 is 23.1 Å². The first-order chi connectivity index (χ1) is 12.6. The molecule has 0 spiro atoms. The van der Waals surface area contributed by atoms with Crippen molar-refractivity contribution in [3.05, 3.63) is 52.7 Å². The Kier molecular flexibility index (Phi) is 4.79. The molecule has 6 nitrogen and oxygen atoms in total. The van der Waals surface area contributed by atoms with Crippen molar-refractivity contribution in [2.45, 2.75) is 32.0 Å². The third-order valence-corrected chi connectivity index (χ3v) is 4.25. The number of halogens is 2. The number of furan rings is 1. The molecule has 1 aliphatic rings. The number of nitrogens with zero attached hydrogens (tertiary/aromatic N) is 2. The maximum atomic E-state index is 13.6. The summed E-state index contributed by atoms with van der Waals surface area (Å²) < 4.78 is 30.5. The van der Waals surface area contributed by atoms with Gasteiger partial charge in [0.25, 0.3) is 0 Å². The van der Waals surface area contributed by atoms with E-state index in [0.29, 0.717) is 5.76 Å². The SMILES string of the molecule is CC(C)(C)OC(=O)N1CC(Oc2cc(Cl)c(F)cc2C#N)(c2ccco2)C1. The van der Waals surface area contributed by atoms with Crippen molar-refractivity contribution in [1.29, 1.82) is 5.26 Å². The monoisotopic (exact) mass is 392 g/mol. The van der Waals surface area contributed by atoms with Gasteiger partial charge in [-0.3, -0.25) is 4.90 Å². The zero-order valence-electron chi connectivity index (χ0n) is 15.1. The molecule has 1 saturated heterocycles. The highest BCUT2D eigenvalue weighted by Crippen LogP contribution is 2.40. The van der Waals surface area contributed by atoms with Crippen molar-refractivity contribution >= 4 is 17.7 Å². The summed E-state index contributed by atoms with van der Waals surface area (Å²) in [5.74, 6) is -0.118. The molecule has 2 heterocycles. The van der Waals surface area contributed by atoms with Crippen LogP contribution in [0.2, 0.25) is 5.02 Å². The molecular formula is C19H18ClFN2O4. The molecule has 1 fully saturated rings. The van der Waals surface area contributed by atoms with Crippen molar-refractivity contribution in [3.63, 3.8) is 0 Å². The highest BCUT2D eigenvalue weighted by atomic mass is 35.5. The lowest BCUT2D eigenvalue weighted by molar-refractivity contribution is -0.0969. The summed E-state index contributed by atoms with van der Waals surface area (Å²) in [5, 5.41) is 9.11. The average Bonchev–Trinajstić information content (AvgIpc) is 3.06. The lowest BCUT2D eigenvalue weighted by Crippen LogP contribution is -2.64. The molecule has 0 N–H and O–H groups in total. The minimum absolute atomic E-state index is 0.00134. The summed E-state index contributed by atoms with van der Waals surface area (Å²) >= 11 is 5.84. The van der Waals surface area contributed by atoms with Crippen molar-refractivity contribution in [1.82, 2.24) is 4.90 Å². The van der Waals surface area contributed by atoms with Crippen LogP contribution in [0.1, 0.15) is 32.1 Å². The summed E-state index contributed by atoms with van der Waals surface area (Å²) in [5.41, 5.74) is -1.65. The van der Waals surface area contributed by atoms with Crippen molar-refractivity contribution < 1.29 is 23.1 Å². The Bertz CT molecular complexity index is 894. The molecule has 0 atom stereocenters. The number of hydrogen-bond acceptors (Lipinski definition) is 5. The van der Waals surface area contributed by atoms with Gasteiger partial charge in [0.1, 0.15) is 23.2 Å². The molecule has 1 aliphatic heterocycles. The van der Waals surface area contributed by atoms with Crippen LogP contribution in [0.15, 0.2) is 34.9 Å². The van der Waals surface area contributed by atoms with Gasteiger partial charge >= 0.3 is 6.09 Å². The predicted molar refractivity (Wildman–Crippen MR) is 94.9 cm³/mol. The number of nitriles is 1. The van der Waals surface area contributed by atoms with Crippen LogP contribution in [0.3, 0.4) is 0 Å². The van der Waals surface area contributed by atoms with Gasteiger partial charge < -0.3 is 13.9 Å². The molecule has 0 aliphatic carbocycles. The van der Waals surface area contributed by atoms with Crippen LogP contribution in [0.4, 0.5) is 9.18 Å². The summed E-state index contributed by atoms with van der Waals surface area (Å²) in [6.45, 7) is 5.63. The van der Waals surface area contributed by atoms with E-state index >= 15 is 0 Å². The Balaban J connectivity index is 1.87.